The van der Waals surface area contributed by atoms with Crippen LogP contribution < -0.4 is 14.8 Å². The highest BCUT2D eigenvalue weighted by Gasteiger charge is 2.39. The summed E-state index contributed by atoms with van der Waals surface area (Å²) in [5.41, 5.74) is 1.45. The van der Waals surface area contributed by atoms with E-state index in [9.17, 15) is 4.79 Å². The molecule has 3 rings (SSSR count). The number of nitrogens with zero attached hydrogens (tertiary/aromatic N) is 1. The van der Waals surface area contributed by atoms with E-state index in [1.165, 1.54) is 5.56 Å². The lowest BCUT2D eigenvalue weighted by Gasteiger charge is -2.43. The van der Waals surface area contributed by atoms with Gasteiger partial charge in [-0.1, -0.05) is 19.1 Å². The molecule has 1 heterocycles. The van der Waals surface area contributed by atoms with Crippen LogP contribution in [0.25, 0.3) is 0 Å². The van der Waals surface area contributed by atoms with Gasteiger partial charge in [0.2, 0.25) is 5.91 Å². The molecule has 0 bridgehead atoms. The van der Waals surface area contributed by atoms with Crippen molar-refractivity contribution in [2.24, 2.45) is 0 Å². The van der Waals surface area contributed by atoms with Gasteiger partial charge in [-0.3, -0.25) is 4.79 Å². The number of hydrogen-bond acceptors (Lipinski definition) is 4. The lowest BCUT2D eigenvalue weighted by atomic mass is 9.99. The maximum Gasteiger partial charge on any atom is 0.247 e. The van der Waals surface area contributed by atoms with Crippen LogP contribution in [0.1, 0.15) is 26.3 Å². The van der Waals surface area contributed by atoms with Gasteiger partial charge in [-0.25, -0.2) is 0 Å². The van der Waals surface area contributed by atoms with E-state index in [0.717, 1.165) is 23.6 Å². The highest BCUT2D eigenvalue weighted by atomic mass is 16.5. The first-order valence-corrected chi connectivity index (χ1v) is 9.38. The Hall–Kier alpha value is -2.69. The Balaban J connectivity index is 1.53. The first-order chi connectivity index (χ1) is 12.9. The van der Waals surface area contributed by atoms with Crippen molar-refractivity contribution >= 4 is 11.6 Å². The number of carbonyl (C=O) groups is 1. The van der Waals surface area contributed by atoms with E-state index in [4.69, 9.17) is 9.47 Å². The number of amides is 1. The van der Waals surface area contributed by atoms with Crippen molar-refractivity contribution in [3.05, 3.63) is 54.1 Å². The molecule has 1 saturated heterocycles. The van der Waals surface area contributed by atoms with E-state index < -0.39 is 5.54 Å². The number of likely N-dealkylation sites (tertiary alicyclic amines) is 1. The van der Waals surface area contributed by atoms with Gasteiger partial charge in [0.25, 0.3) is 0 Å². The Kier molecular flexibility index (Phi) is 5.59. The van der Waals surface area contributed by atoms with Crippen LogP contribution in [-0.4, -0.2) is 42.6 Å². The molecule has 0 aliphatic carbocycles. The number of carbonyl (C=O) groups excluding carboxylic acids is 1. The average Bonchev–Trinajstić information content (AvgIpc) is 2.64. The van der Waals surface area contributed by atoms with Gasteiger partial charge in [0, 0.05) is 5.69 Å². The van der Waals surface area contributed by atoms with E-state index in [1.54, 1.807) is 7.11 Å². The zero-order valence-corrected chi connectivity index (χ0v) is 16.5. The SMILES string of the molecule is CCc1cccc(OC2CN(C(=O)C(C)(C)Nc3ccc(OC)cc3)C2)c1. The number of ether oxygens (including phenoxy) is 2. The molecule has 0 unspecified atom stereocenters. The predicted octanol–water partition coefficient (Wildman–Crippen LogP) is 3.74. The molecule has 2 aromatic rings. The van der Waals surface area contributed by atoms with Crippen LogP contribution in [-0.2, 0) is 11.2 Å². The van der Waals surface area contributed by atoms with E-state index in [0.29, 0.717) is 13.1 Å². The normalized spacial score (nSPS) is 14.4. The van der Waals surface area contributed by atoms with Crippen LogP contribution in [0.4, 0.5) is 5.69 Å². The highest BCUT2D eigenvalue weighted by molar-refractivity contribution is 5.89. The van der Waals surface area contributed by atoms with Crippen molar-refractivity contribution in [1.82, 2.24) is 4.90 Å². The number of hydrogen-bond donors (Lipinski definition) is 1. The third-order valence-electron chi connectivity index (χ3n) is 4.83. The van der Waals surface area contributed by atoms with Crippen LogP contribution in [0.15, 0.2) is 48.5 Å². The summed E-state index contributed by atoms with van der Waals surface area (Å²) < 4.78 is 11.2. The van der Waals surface area contributed by atoms with Crippen molar-refractivity contribution in [3.63, 3.8) is 0 Å². The quantitative estimate of drug-likeness (QED) is 0.809. The molecule has 1 aliphatic heterocycles. The Labute approximate surface area is 161 Å². The van der Waals surface area contributed by atoms with E-state index in [2.05, 4.69) is 24.4 Å². The van der Waals surface area contributed by atoms with E-state index >= 15 is 0 Å². The van der Waals surface area contributed by atoms with Crippen LogP contribution in [0, 0.1) is 0 Å². The fraction of sp³-hybridized carbons (Fsp3) is 0.409. The van der Waals surface area contributed by atoms with E-state index in [-0.39, 0.29) is 12.0 Å². The third-order valence-corrected chi connectivity index (χ3v) is 4.83. The molecule has 0 spiro atoms. The summed E-state index contributed by atoms with van der Waals surface area (Å²) in [5, 5.41) is 3.31. The smallest absolute Gasteiger partial charge is 0.247 e. The fourth-order valence-electron chi connectivity index (χ4n) is 3.19. The third kappa shape index (κ3) is 4.54. The second-order valence-corrected chi connectivity index (χ2v) is 7.43. The lowest BCUT2D eigenvalue weighted by molar-refractivity contribution is -0.143. The highest BCUT2D eigenvalue weighted by Crippen LogP contribution is 2.25. The van der Waals surface area contributed by atoms with E-state index in [1.807, 2.05) is 55.1 Å². The molecule has 0 aromatic heterocycles. The summed E-state index contributed by atoms with van der Waals surface area (Å²) in [6.45, 7) is 7.16. The van der Waals surface area contributed by atoms with Crippen molar-refractivity contribution in [3.8, 4) is 11.5 Å². The number of methoxy groups -OCH3 is 1. The Morgan fingerprint density at radius 2 is 1.85 bits per heavy atom. The molecule has 0 saturated carbocycles. The van der Waals surface area contributed by atoms with Gasteiger partial charge in [0.15, 0.2) is 0 Å². The van der Waals surface area contributed by atoms with Crippen LogP contribution in [0.3, 0.4) is 0 Å². The summed E-state index contributed by atoms with van der Waals surface area (Å²) in [7, 11) is 1.64. The molecular formula is C22H28N2O3. The number of aryl methyl sites for hydroxylation is 1. The summed E-state index contributed by atoms with van der Waals surface area (Å²) >= 11 is 0. The van der Waals surface area contributed by atoms with Gasteiger partial charge >= 0.3 is 0 Å². The van der Waals surface area contributed by atoms with Crippen molar-refractivity contribution in [2.45, 2.75) is 38.8 Å². The number of rotatable bonds is 7. The van der Waals surface area contributed by atoms with Crippen molar-refractivity contribution < 1.29 is 14.3 Å². The van der Waals surface area contributed by atoms with Gasteiger partial charge in [0.05, 0.1) is 20.2 Å². The summed E-state index contributed by atoms with van der Waals surface area (Å²) in [6, 6.07) is 15.7. The van der Waals surface area contributed by atoms with Gasteiger partial charge in [-0.2, -0.15) is 0 Å². The molecular weight excluding hydrogens is 340 g/mol. The monoisotopic (exact) mass is 368 g/mol. The molecule has 5 nitrogen and oxygen atoms in total. The molecule has 5 heteroatoms. The van der Waals surface area contributed by atoms with Crippen LogP contribution in [0.2, 0.25) is 0 Å². The van der Waals surface area contributed by atoms with Crippen LogP contribution in [0.5, 0.6) is 11.5 Å². The Bertz CT molecular complexity index is 780. The molecule has 1 aliphatic rings. The van der Waals surface area contributed by atoms with Gasteiger partial charge in [-0.15, -0.1) is 0 Å². The Morgan fingerprint density at radius 1 is 1.15 bits per heavy atom. The molecule has 0 atom stereocenters. The molecule has 1 amide bonds. The second kappa shape index (κ2) is 7.91. The first-order valence-electron chi connectivity index (χ1n) is 9.38. The summed E-state index contributed by atoms with van der Waals surface area (Å²) in [6.07, 6.45) is 1.04. The van der Waals surface area contributed by atoms with Gasteiger partial charge in [0.1, 0.15) is 23.1 Å². The maximum atomic E-state index is 12.9. The van der Waals surface area contributed by atoms with Gasteiger partial charge < -0.3 is 19.7 Å². The van der Waals surface area contributed by atoms with Gasteiger partial charge in [-0.05, 0) is 62.2 Å². The zero-order valence-electron chi connectivity index (χ0n) is 16.5. The largest absolute Gasteiger partial charge is 0.497 e. The number of nitrogens with one attached hydrogen (secondary N) is 1. The number of anilines is 1. The molecule has 1 fully saturated rings. The first kappa shape index (κ1) is 19.1. The molecule has 1 N–H and O–H groups in total. The second-order valence-electron chi connectivity index (χ2n) is 7.43. The topological polar surface area (TPSA) is 50.8 Å². The molecule has 0 radical (unpaired) electrons. The number of benzene rings is 2. The van der Waals surface area contributed by atoms with Crippen LogP contribution >= 0.6 is 0 Å². The minimum absolute atomic E-state index is 0.0536. The van der Waals surface area contributed by atoms with Crippen molar-refractivity contribution in [1.29, 1.82) is 0 Å². The van der Waals surface area contributed by atoms with Crippen molar-refractivity contribution in [2.75, 3.05) is 25.5 Å². The fourth-order valence-corrected chi connectivity index (χ4v) is 3.19. The minimum Gasteiger partial charge on any atom is -0.497 e. The summed E-state index contributed by atoms with van der Waals surface area (Å²) in [4.78, 5) is 14.7. The zero-order chi connectivity index (χ0) is 19.4. The Morgan fingerprint density at radius 3 is 2.48 bits per heavy atom. The summed E-state index contributed by atoms with van der Waals surface area (Å²) in [5.74, 6) is 1.74. The average molecular weight is 368 g/mol. The minimum atomic E-state index is -0.693. The molecule has 2 aromatic carbocycles. The molecule has 27 heavy (non-hydrogen) atoms. The molecule has 144 valence electrons. The maximum absolute atomic E-state index is 12.9. The predicted molar refractivity (Wildman–Crippen MR) is 108 cm³/mol. The standard InChI is InChI=1S/C22H28N2O3/c1-5-16-7-6-8-19(13-16)27-20-14-24(15-20)21(25)22(2,3)23-17-9-11-18(26-4)12-10-17/h6-13,20,23H,5,14-15H2,1-4H3. The lowest BCUT2D eigenvalue weighted by Crippen LogP contribution is -2.62.